The summed E-state index contributed by atoms with van der Waals surface area (Å²) in [4.78, 5) is 28.9. The molecule has 5 nitrogen and oxygen atoms in total. The number of carbonyl (C=O) groups excluding carboxylic acids is 2. The number of rotatable bonds is 5. The lowest BCUT2D eigenvalue weighted by molar-refractivity contribution is -0.140. The van der Waals surface area contributed by atoms with E-state index in [-0.39, 0.29) is 11.3 Å². The fourth-order valence-corrected chi connectivity index (χ4v) is 3.15. The smallest absolute Gasteiger partial charge is 0.295 e. The molecule has 0 aromatic heterocycles. The van der Waals surface area contributed by atoms with Gasteiger partial charge in [0, 0.05) is 18.7 Å². The van der Waals surface area contributed by atoms with Gasteiger partial charge in [0.05, 0.1) is 11.6 Å². The fraction of sp³-hybridized carbons (Fsp3) is 0.238. The average molecular weight is 350 g/mol. The zero-order chi connectivity index (χ0) is 18.7. The normalized spacial score (nSPS) is 19.3. The van der Waals surface area contributed by atoms with E-state index >= 15 is 0 Å². The molecular formula is C21H22N2O3. The molecule has 1 aliphatic heterocycles. The van der Waals surface area contributed by atoms with Gasteiger partial charge < -0.3 is 14.9 Å². The van der Waals surface area contributed by atoms with Crippen LogP contribution in [0.15, 0.2) is 66.2 Å². The first kappa shape index (κ1) is 17.9. The Morgan fingerprint density at radius 2 is 1.58 bits per heavy atom. The second-order valence-electron chi connectivity index (χ2n) is 6.57. The molecule has 1 aliphatic rings. The molecule has 1 heterocycles. The molecule has 5 heteroatoms. The minimum absolute atomic E-state index is 0.134. The predicted molar refractivity (Wildman–Crippen MR) is 100 cm³/mol. The number of likely N-dealkylation sites (tertiary alicyclic amines) is 1. The summed E-state index contributed by atoms with van der Waals surface area (Å²) >= 11 is 0. The zero-order valence-corrected chi connectivity index (χ0v) is 14.9. The molecule has 3 rings (SSSR count). The number of aliphatic hydroxyl groups is 1. The number of aliphatic hydroxyl groups excluding tert-OH is 1. The number of likely N-dealkylation sites (N-methyl/N-ethyl adjacent to an activating group) is 1. The lowest BCUT2D eigenvalue weighted by atomic mass is 9.95. The molecule has 1 amide bonds. The number of ketones is 1. The van der Waals surface area contributed by atoms with Crippen molar-refractivity contribution in [1.29, 1.82) is 0 Å². The van der Waals surface area contributed by atoms with Gasteiger partial charge in [-0.2, -0.15) is 0 Å². The van der Waals surface area contributed by atoms with Crippen molar-refractivity contribution in [3.8, 4) is 0 Å². The maximum absolute atomic E-state index is 12.7. The van der Waals surface area contributed by atoms with Gasteiger partial charge in [-0.05, 0) is 19.7 Å². The minimum Gasteiger partial charge on any atom is -0.507 e. The van der Waals surface area contributed by atoms with Crippen LogP contribution in [-0.2, 0) is 9.59 Å². The van der Waals surface area contributed by atoms with Crippen molar-refractivity contribution >= 4 is 17.4 Å². The molecule has 2 aromatic carbocycles. The molecule has 26 heavy (non-hydrogen) atoms. The highest BCUT2D eigenvalue weighted by Crippen LogP contribution is 2.38. The van der Waals surface area contributed by atoms with E-state index in [4.69, 9.17) is 0 Å². The highest BCUT2D eigenvalue weighted by atomic mass is 16.3. The second kappa shape index (κ2) is 7.54. The largest absolute Gasteiger partial charge is 0.507 e. The third-order valence-corrected chi connectivity index (χ3v) is 4.49. The molecule has 134 valence electrons. The summed E-state index contributed by atoms with van der Waals surface area (Å²) < 4.78 is 0. The van der Waals surface area contributed by atoms with E-state index in [9.17, 15) is 14.7 Å². The number of Topliss-reactive ketones (excluding diaryl/α,β-unsaturated/α-hetero) is 1. The van der Waals surface area contributed by atoms with Gasteiger partial charge in [0.1, 0.15) is 5.76 Å². The highest BCUT2D eigenvalue weighted by Gasteiger charge is 2.45. The number of hydrogen-bond acceptors (Lipinski definition) is 4. The third-order valence-electron chi connectivity index (χ3n) is 4.49. The van der Waals surface area contributed by atoms with Crippen molar-refractivity contribution in [2.75, 3.05) is 27.2 Å². The molecular weight excluding hydrogens is 328 g/mol. The van der Waals surface area contributed by atoms with Crippen LogP contribution >= 0.6 is 0 Å². The first-order chi connectivity index (χ1) is 12.5. The van der Waals surface area contributed by atoms with Crippen molar-refractivity contribution in [3.63, 3.8) is 0 Å². The van der Waals surface area contributed by atoms with E-state index in [1.807, 2.05) is 55.4 Å². The van der Waals surface area contributed by atoms with Gasteiger partial charge in [-0.15, -0.1) is 0 Å². The van der Waals surface area contributed by atoms with Gasteiger partial charge in [-0.25, -0.2) is 0 Å². The molecule has 0 spiro atoms. The molecule has 0 radical (unpaired) electrons. The lowest BCUT2D eigenvalue weighted by Gasteiger charge is -2.26. The average Bonchev–Trinajstić information content (AvgIpc) is 2.91. The van der Waals surface area contributed by atoms with Gasteiger partial charge in [0.2, 0.25) is 0 Å². The number of amides is 1. The van der Waals surface area contributed by atoms with Gasteiger partial charge in [-0.1, -0.05) is 60.7 Å². The highest BCUT2D eigenvalue weighted by molar-refractivity contribution is 6.46. The summed E-state index contributed by atoms with van der Waals surface area (Å²) in [7, 11) is 3.83. The number of hydrogen-bond donors (Lipinski definition) is 1. The molecule has 0 saturated carbocycles. The van der Waals surface area contributed by atoms with Crippen LogP contribution < -0.4 is 0 Å². The molecule has 2 aromatic rings. The van der Waals surface area contributed by atoms with Crippen LogP contribution in [0.4, 0.5) is 0 Å². The van der Waals surface area contributed by atoms with Gasteiger partial charge in [0.15, 0.2) is 0 Å². The standard InChI is InChI=1S/C21H22N2O3/c1-22(2)13-14-23-18(15-9-5-3-6-10-15)17(20(25)21(23)26)19(24)16-11-7-4-8-12-16/h3-12,18,24H,13-14H2,1-2H3/b19-17+/t18-/m0/s1. The van der Waals surface area contributed by atoms with Crippen LogP contribution in [0.3, 0.4) is 0 Å². The summed E-state index contributed by atoms with van der Waals surface area (Å²) in [5.74, 6) is -1.35. The van der Waals surface area contributed by atoms with Crippen LogP contribution in [0.2, 0.25) is 0 Å². The van der Waals surface area contributed by atoms with Crippen LogP contribution in [0, 0.1) is 0 Å². The predicted octanol–water partition coefficient (Wildman–Crippen LogP) is 2.67. The van der Waals surface area contributed by atoms with Crippen molar-refractivity contribution < 1.29 is 14.7 Å². The van der Waals surface area contributed by atoms with E-state index in [0.29, 0.717) is 18.7 Å². The van der Waals surface area contributed by atoms with Crippen LogP contribution in [0.1, 0.15) is 17.2 Å². The topological polar surface area (TPSA) is 60.9 Å². The molecule has 1 N–H and O–H groups in total. The first-order valence-electron chi connectivity index (χ1n) is 8.54. The second-order valence-corrected chi connectivity index (χ2v) is 6.57. The number of nitrogens with zero attached hydrogens (tertiary/aromatic N) is 2. The Kier molecular flexibility index (Phi) is 5.19. The van der Waals surface area contributed by atoms with Crippen LogP contribution in [0.25, 0.3) is 5.76 Å². The Morgan fingerprint density at radius 3 is 2.15 bits per heavy atom. The molecule has 1 atom stereocenters. The van der Waals surface area contributed by atoms with E-state index in [2.05, 4.69) is 0 Å². The van der Waals surface area contributed by atoms with E-state index in [1.54, 1.807) is 29.2 Å². The zero-order valence-electron chi connectivity index (χ0n) is 14.9. The summed E-state index contributed by atoms with van der Waals surface area (Å²) in [6, 6.07) is 17.6. The van der Waals surface area contributed by atoms with Crippen LogP contribution in [0.5, 0.6) is 0 Å². The van der Waals surface area contributed by atoms with E-state index in [0.717, 1.165) is 5.56 Å². The molecule has 0 bridgehead atoms. The minimum atomic E-state index is -0.640. The summed E-state index contributed by atoms with van der Waals surface area (Å²) in [5, 5.41) is 10.8. The van der Waals surface area contributed by atoms with Crippen molar-refractivity contribution in [2.24, 2.45) is 0 Å². The summed E-state index contributed by atoms with van der Waals surface area (Å²) in [5.41, 5.74) is 1.48. The maximum Gasteiger partial charge on any atom is 0.295 e. The van der Waals surface area contributed by atoms with Crippen molar-refractivity contribution in [1.82, 2.24) is 9.80 Å². The first-order valence-corrected chi connectivity index (χ1v) is 8.54. The monoisotopic (exact) mass is 350 g/mol. The summed E-state index contributed by atoms with van der Waals surface area (Å²) in [6.45, 7) is 1.03. The van der Waals surface area contributed by atoms with E-state index in [1.165, 1.54) is 0 Å². The van der Waals surface area contributed by atoms with Crippen LogP contribution in [-0.4, -0.2) is 53.8 Å². The van der Waals surface area contributed by atoms with Gasteiger partial charge in [-0.3, -0.25) is 9.59 Å². The fourth-order valence-electron chi connectivity index (χ4n) is 3.15. The van der Waals surface area contributed by atoms with Gasteiger partial charge in [0.25, 0.3) is 11.7 Å². The quantitative estimate of drug-likeness (QED) is 0.512. The van der Waals surface area contributed by atoms with Crippen molar-refractivity contribution in [2.45, 2.75) is 6.04 Å². The maximum atomic E-state index is 12.7. The van der Waals surface area contributed by atoms with Gasteiger partial charge >= 0.3 is 0 Å². The Labute approximate surface area is 153 Å². The third kappa shape index (κ3) is 3.39. The number of carbonyl (C=O) groups is 2. The van der Waals surface area contributed by atoms with E-state index < -0.39 is 17.7 Å². The Balaban J connectivity index is 2.12. The molecule has 0 aliphatic carbocycles. The Morgan fingerprint density at radius 1 is 1.00 bits per heavy atom. The SMILES string of the molecule is CN(C)CCN1C(=O)C(=O)/C(=C(/O)c2ccccc2)[C@@H]1c1ccccc1. The Hall–Kier alpha value is -2.92. The lowest BCUT2D eigenvalue weighted by Crippen LogP contribution is -2.35. The summed E-state index contributed by atoms with van der Waals surface area (Å²) in [6.07, 6.45) is 0. The number of benzene rings is 2. The Bertz CT molecular complexity index is 829. The molecule has 1 saturated heterocycles. The van der Waals surface area contributed by atoms with Crippen molar-refractivity contribution in [3.05, 3.63) is 77.4 Å². The molecule has 1 fully saturated rings. The molecule has 0 unspecified atom stereocenters.